The van der Waals surface area contributed by atoms with Crippen molar-refractivity contribution in [2.24, 2.45) is 5.73 Å². The highest BCUT2D eigenvalue weighted by Crippen LogP contribution is 2.14. The van der Waals surface area contributed by atoms with Crippen LogP contribution in [0.15, 0.2) is 18.5 Å². The van der Waals surface area contributed by atoms with Gasteiger partial charge in [-0.05, 0) is 6.07 Å². The first kappa shape index (κ1) is 10.6. The highest BCUT2D eigenvalue weighted by atomic mass is 16.5. The summed E-state index contributed by atoms with van der Waals surface area (Å²) >= 11 is 0. The fraction of sp³-hybridized carbons (Fsp3) is 0.333. The van der Waals surface area contributed by atoms with Gasteiger partial charge in [-0.25, -0.2) is 4.79 Å². The lowest BCUT2D eigenvalue weighted by Gasteiger charge is -2.12. The van der Waals surface area contributed by atoms with Crippen LogP contribution in [0.3, 0.4) is 0 Å². The molecule has 0 saturated heterocycles. The molecule has 5 heteroatoms. The van der Waals surface area contributed by atoms with Gasteiger partial charge in [0.15, 0.2) is 0 Å². The minimum atomic E-state index is -1.01. The van der Waals surface area contributed by atoms with Crippen LogP contribution in [0, 0.1) is 0 Å². The first-order valence-corrected chi connectivity index (χ1v) is 4.08. The number of aromatic nitrogens is 1. The molecule has 5 nitrogen and oxygen atoms in total. The number of hydrogen-bond donors (Lipinski definition) is 2. The molecule has 0 amide bonds. The van der Waals surface area contributed by atoms with Crippen molar-refractivity contribution < 1.29 is 14.6 Å². The fourth-order valence-electron chi connectivity index (χ4n) is 1.17. The quantitative estimate of drug-likeness (QED) is 0.729. The molecule has 0 aliphatic carbocycles. The zero-order valence-electron chi connectivity index (χ0n) is 7.80. The van der Waals surface area contributed by atoms with Gasteiger partial charge in [-0.1, -0.05) is 0 Å². The SMILES string of the molecule is COC[C@@H](N)c1cnccc1C(=O)O. The Kier molecular flexibility index (Phi) is 3.55. The van der Waals surface area contributed by atoms with E-state index in [1.807, 2.05) is 0 Å². The van der Waals surface area contributed by atoms with E-state index in [-0.39, 0.29) is 12.2 Å². The third kappa shape index (κ3) is 2.27. The van der Waals surface area contributed by atoms with Gasteiger partial charge in [-0.15, -0.1) is 0 Å². The zero-order chi connectivity index (χ0) is 10.6. The lowest BCUT2D eigenvalue weighted by Crippen LogP contribution is -2.19. The largest absolute Gasteiger partial charge is 0.478 e. The number of rotatable bonds is 4. The van der Waals surface area contributed by atoms with E-state index in [0.717, 1.165) is 0 Å². The summed E-state index contributed by atoms with van der Waals surface area (Å²) in [5.74, 6) is -1.01. The van der Waals surface area contributed by atoms with E-state index in [0.29, 0.717) is 5.56 Å². The minimum Gasteiger partial charge on any atom is -0.478 e. The molecule has 0 aliphatic rings. The maximum absolute atomic E-state index is 10.8. The Labute approximate surface area is 81.5 Å². The van der Waals surface area contributed by atoms with E-state index >= 15 is 0 Å². The number of carbonyl (C=O) groups is 1. The molecular weight excluding hydrogens is 184 g/mol. The molecule has 1 heterocycles. The molecule has 0 saturated carbocycles. The second-order valence-electron chi connectivity index (χ2n) is 2.83. The summed E-state index contributed by atoms with van der Waals surface area (Å²) in [6.45, 7) is 0.270. The van der Waals surface area contributed by atoms with Gasteiger partial charge in [-0.2, -0.15) is 0 Å². The van der Waals surface area contributed by atoms with E-state index in [2.05, 4.69) is 4.98 Å². The summed E-state index contributed by atoms with van der Waals surface area (Å²) in [5.41, 5.74) is 6.37. The van der Waals surface area contributed by atoms with Gasteiger partial charge in [0.1, 0.15) is 0 Å². The number of nitrogens with zero attached hydrogens (tertiary/aromatic N) is 1. The molecule has 1 rings (SSSR count). The number of carboxylic acid groups (broad SMARTS) is 1. The monoisotopic (exact) mass is 196 g/mol. The third-order valence-electron chi connectivity index (χ3n) is 1.83. The Morgan fingerprint density at radius 2 is 2.50 bits per heavy atom. The van der Waals surface area contributed by atoms with E-state index < -0.39 is 12.0 Å². The normalized spacial score (nSPS) is 12.4. The van der Waals surface area contributed by atoms with Crippen LogP contribution in [0.2, 0.25) is 0 Å². The average Bonchev–Trinajstić information content (AvgIpc) is 2.18. The molecule has 0 bridgehead atoms. The average molecular weight is 196 g/mol. The van der Waals surface area contributed by atoms with Crippen LogP contribution in [-0.4, -0.2) is 29.8 Å². The lowest BCUT2D eigenvalue weighted by molar-refractivity contribution is 0.0694. The Morgan fingerprint density at radius 1 is 1.79 bits per heavy atom. The molecule has 14 heavy (non-hydrogen) atoms. The van der Waals surface area contributed by atoms with Crippen molar-refractivity contribution in [3.05, 3.63) is 29.6 Å². The molecule has 0 spiro atoms. The first-order valence-electron chi connectivity index (χ1n) is 4.08. The molecule has 76 valence electrons. The first-order chi connectivity index (χ1) is 6.66. The van der Waals surface area contributed by atoms with Gasteiger partial charge >= 0.3 is 5.97 Å². The van der Waals surface area contributed by atoms with Crippen LogP contribution in [-0.2, 0) is 4.74 Å². The van der Waals surface area contributed by atoms with E-state index in [4.69, 9.17) is 15.6 Å². The van der Waals surface area contributed by atoms with E-state index in [1.54, 1.807) is 0 Å². The third-order valence-corrected chi connectivity index (χ3v) is 1.83. The Hall–Kier alpha value is -1.46. The molecule has 1 atom stereocenters. The predicted molar refractivity (Wildman–Crippen MR) is 50.0 cm³/mol. The van der Waals surface area contributed by atoms with Crippen molar-refractivity contribution in [2.75, 3.05) is 13.7 Å². The zero-order valence-corrected chi connectivity index (χ0v) is 7.80. The van der Waals surface area contributed by atoms with Crippen molar-refractivity contribution in [1.29, 1.82) is 0 Å². The van der Waals surface area contributed by atoms with Crippen LogP contribution in [0.5, 0.6) is 0 Å². The standard InChI is InChI=1S/C9H12N2O3/c1-14-5-8(10)7-4-11-3-2-6(7)9(12)13/h2-4,8H,5,10H2,1H3,(H,12,13)/t8-/m1/s1. The smallest absolute Gasteiger partial charge is 0.336 e. The number of hydrogen-bond acceptors (Lipinski definition) is 4. The van der Waals surface area contributed by atoms with Crippen molar-refractivity contribution in [2.45, 2.75) is 6.04 Å². The van der Waals surface area contributed by atoms with Crippen LogP contribution in [0.25, 0.3) is 0 Å². The van der Waals surface area contributed by atoms with E-state index in [1.165, 1.54) is 25.6 Å². The van der Waals surface area contributed by atoms with Crippen molar-refractivity contribution in [1.82, 2.24) is 4.98 Å². The molecule has 1 aromatic rings. The number of aromatic carboxylic acids is 1. The molecule has 0 fully saturated rings. The molecule has 3 N–H and O–H groups in total. The van der Waals surface area contributed by atoms with Gasteiger partial charge in [0.25, 0.3) is 0 Å². The van der Waals surface area contributed by atoms with Crippen LogP contribution in [0.1, 0.15) is 22.0 Å². The van der Waals surface area contributed by atoms with E-state index in [9.17, 15) is 4.79 Å². The van der Waals surface area contributed by atoms with Crippen LogP contribution in [0.4, 0.5) is 0 Å². The van der Waals surface area contributed by atoms with Gasteiger partial charge in [0.05, 0.1) is 18.2 Å². The summed E-state index contributed by atoms with van der Waals surface area (Å²) in [6.07, 6.45) is 2.87. The van der Waals surface area contributed by atoms with Crippen molar-refractivity contribution in [3.8, 4) is 0 Å². The lowest BCUT2D eigenvalue weighted by atomic mass is 10.0. The number of nitrogens with two attached hydrogens (primary N) is 1. The number of carboxylic acids is 1. The summed E-state index contributed by atoms with van der Waals surface area (Å²) in [7, 11) is 1.51. The summed E-state index contributed by atoms with van der Waals surface area (Å²) < 4.78 is 4.85. The molecule has 1 aromatic heterocycles. The summed E-state index contributed by atoms with van der Waals surface area (Å²) in [6, 6.07) is 0.965. The highest BCUT2D eigenvalue weighted by molar-refractivity contribution is 5.89. The Balaban J connectivity index is 3.00. The van der Waals surface area contributed by atoms with Gasteiger partial charge in [-0.3, -0.25) is 4.98 Å². The molecule has 0 unspecified atom stereocenters. The number of pyridine rings is 1. The van der Waals surface area contributed by atoms with Gasteiger partial charge < -0.3 is 15.6 Å². The summed E-state index contributed by atoms with van der Waals surface area (Å²) in [5, 5.41) is 8.86. The molecule has 0 aromatic carbocycles. The maximum atomic E-state index is 10.8. The maximum Gasteiger partial charge on any atom is 0.336 e. The minimum absolute atomic E-state index is 0.171. The van der Waals surface area contributed by atoms with Crippen molar-refractivity contribution >= 4 is 5.97 Å². The Morgan fingerprint density at radius 3 is 3.07 bits per heavy atom. The summed E-state index contributed by atoms with van der Waals surface area (Å²) in [4.78, 5) is 14.6. The molecular formula is C9H12N2O3. The highest BCUT2D eigenvalue weighted by Gasteiger charge is 2.15. The number of methoxy groups -OCH3 is 1. The molecule has 0 aliphatic heterocycles. The van der Waals surface area contributed by atoms with Crippen molar-refractivity contribution in [3.63, 3.8) is 0 Å². The van der Waals surface area contributed by atoms with Crippen LogP contribution >= 0.6 is 0 Å². The Bertz CT molecular complexity index is 328. The topological polar surface area (TPSA) is 85.4 Å². The number of ether oxygens (including phenoxy) is 1. The van der Waals surface area contributed by atoms with Gasteiger partial charge in [0.2, 0.25) is 0 Å². The van der Waals surface area contributed by atoms with Gasteiger partial charge in [0, 0.05) is 25.1 Å². The fourth-order valence-corrected chi connectivity index (χ4v) is 1.17. The second kappa shape index (κ2) is 4.69. The predicted octanol–water partition coefficient (Wildman–Crippen LogP) is 0.426. The second-order valence-corrected chi connectivity index (χ2v) is 2.83. The molecule has 0 radical (unpaired) electrons. The van der Waals surface area contributed by atoms with Crippen LogP contribution < -0.4 is 5.73 Å².